The molecule has 1 aromatic heterocycles. The molecule has 5 N–H and O–H groups in total. The van der Waals surface area contributed by atoms with E-state index in [9.17, 15) is 14.7 Å². The summed E-state index contributed by atoms with van der Waals surface area (Å²) in [5.74, 6) is -0.124. The van der Waals surface area contributed by atoms with Gasteiger partial charge in [-0.15, -0.1) is 0 Å². The predicted molar refractivity (Wildman–Crippen MR) is 146 cm³/mol. The number of pyridine rings is 1. The Kier molecular flexibility index (Phi) is 12.8. The van der Waals surface area contributed by atoms with E-state index in [4.69, 9.17) is 15.5 Å². The van der Waals surface area contributed by atoms with Crippen molar-refractivity contribution < 1.29 is 19.4 Å². The number of benzene rings is 1. The number of hydrogen-bond acceptors (Lipinski definition) is 8. The summed E-state index contributed by atoms with van der Waals surface area (Å²) in [5.41, 5.74) is 8.22. The van der Waals surface area contributed by atoms with Crippen LogP contribution in [0.4, 0.5) is 5.69 Å². The smallest absolute Gasteiger partial charge is 0.326 e. The van der Waals surface area contributed by atoms with Gasteiger partial charge in [-0.1, -0.05) is 43.7 Å². The Morgan fingerprint density at radius 2 is 1.94 bits per heavy atom. The number of amides is 1. The molecule has 0 fully saturated rings. The summed E-state index contributed by atoms with van der Waals surface area (Å²) < 4.78 is 6.18. The van der Waals surface area contributed by atoms with Gasteiger partial charge in [0.15, 0.2) is 6.10 Å². The number of thiol groups is 1. The van der Waals surface area contributed by atoms with E-state index >= 15 is 0 Å². The lowest BCUT2D eigenvalue weighted by atomic mass is 10.1. The molecule has 1 amide bonds. The summed E-state index contributed by atoms with van der Waals surface area (Å²) in [7, 11) is 0. The van der Waals surface area contributed by atoms with Crippen molar-refractivity contribution in [2.24, 2.45) is 5.73 Å². The van der Waals surface area contributed by atoms with Gasteiger partial charge in [0.25, 0.3) is 5.91 Å². The summed E-state index contributed by atoms with van der Waals surface area (Å²) >= 11 is 5.76. The number of ether oxygens (including phenoxy) is 1. The van der Waals surface area contributed by atoms with Crippen LogP contribution in [0.15, 0.2) is 42.5 Å². The number of nitrogens with zero attached hydrogens (tertiary/aromatic N) is 1. The van der Waals surface area contributed by atoms with Crippen LogP contribution in [0.5, 0.6) is 5.88 Å². The third kappa shape index (κ3) is 9.62. The standard InChI is InChI=1S/C25H36N4O4S2/c1-3-4-10-22(23(30)28-21(25(31)32)13-14-35-2)33-24-20(27-15-18(26)16-34)12-11-19(29-24)17-8-6-5-7-9-17/h5-9,11-12,18,21-22,27,34H,3-4,10,13-16,26H2,1-2H3,(H,28,30)(H,31,32)/t18?,21-,22?/m0/s1. The minimum Gasteiger partial charge on any atom is -0.480 e. The lowest BCUT2D eigenvalue weighted by molar-refractivity contribution is -0.143. The lowest BCUT2D eigenvalue weighted by Crippen LogP contribution is -2.47. The van der Waals surface area contributed by atoms with Gasteiger partial charge in [0, 0.05) is 23.9 Å². The third-order valence-electron chi connectivity index (χ3n) is 5.31. The highest BCUT2D eigenvalue weighted by Gasteiger charge is 2.27. The van der Waals surface area contributed by atoms with Gasteiger partial charge in [-0.25, -0.2) is 9.78 Å². The van der Waals surface area contributed by atoms with Crippen LogP contribution in [0.25, 0.3) is 11.3 Å². The second-order valence-corrected chi connectivity index (χ2v) is 9.52. The summed E-state index contributed by atoms with van der Waals surface area (Å²) in [6, 6.07) is 12.2. The molecule has 35 heavy (non-hydrogen) atoms. The van der Waals surface area contributed by atoms with Gasteiger partial charge in [0.05, 0.1) is 11.4 Å². The van der Waals surface area contributed by atoms with Gasteiger partial charge >= 0.3 is 5.97 Å². The van der Waals surface area contributed by atoms with E-state index in [1.54, 1.807) is 0 Å². The number of hydrogen-bond donors (Lipinski definition) is 5. The zero-order valence-corrected chi connectivity index (χ0v) is 22.0. The highest BCUT2D eigenvalue weighted by Crippen LogP contribution is 2.29. The Morgan fingerprint density at radius 1 is 1.20 bits per heavy atom. The molecule has 8 nitrogen and oxygen atoms in total. The molecule has 3 atom stereocenters. The number of thioether (sulfide) groups is 1. The van der Waals surface area contributed by atoms with E-state index in [-0.39, 0.29) is 11.9 Å². The number of carbonyl (C=O) groups excluding carboxylic acids is 1. The molecule has 1 aromatic carbocycles. The van der Waals surface area contributed by atoms with Crippen molar-refractivity contribution in [2.45, 2.75) is 50.8 Å². The number of rotatable bonds is 16. The van der Waals surface area contributed by atoms with E-state index in [1.165, 1.54) is 11.8 Å². The topological polar surface area (TPSA) is 127 Å². The van der Waals surface area contributed by atoms with Crippen LogP contribution in [0.3, 0.4) is 0 Å². The van der Waals surface area contributed by atoms with Crippen LogP contribution in [0.1, 0.15) is 32.6 Å². The largest absolute Gasteiger partial charge is 0.480 e. The maximum atomic E-state index is 13.1. The van der Waals surface area contributed by atoms with Crippen molar-refractivity contribution in [3.05, 3.63) is 42.5 Å². The quantitative estimate of drug-likeness (QED) is 0.212. The van der Waals surface area contributed by atoms with Gasteiger partial charge in [-0.2, -0.15) is 24.4 Å². The number of anilines is 1. The second-order valence-electron chi connectivity index (χ2n) is 8.17. The zero-order valence-electron chi connectivity index (χ0n) is 20.3. The van der Waals surface area contributed by atoms with Crippen LogP contribution < -0.4 is 21.1 Å². The van der Waals surface area contributed by atoms with Crippen LogP contribution in [-0.4, -0.2) is 64.5 Å². The Hall–Kier alpha value is -2.43. The Bertz CT molecular complexity index is 933. The Labute approximate surface area is 217 Å². The first-order valence-corrected chi connectivity index (χ1v) is 13.8. The molecule has 0 aliphatic rings. The van der Waals surface area contributed by atoms with E-state index in [0.29, 0.717) is 42.3 Å². The number of carboxylic acids is 1. The van der Waals surface area contributed by atoms with Crippen LogP contribution in [0.2, 0.25) is 0 Å². The SMILES string of the molecule is CCCCC(Oc1nc(-c2ccccc2)ccc1NCC(N)CS)C(=O)N[C@@H](CCSC)C(=O)O. The average Bonchev–Trinajstić information content (AvgIpc) is 2.87. The summed E-state index contributed by atoms with van der Waals surface area (Å²) in [6.45, 7) is 2.47. The molecule has 192 valence electrons. The maximum absolute atomic E-state index is 13.1. The molecular weight excluding hydrogens is 484 g/mol. The Balaban J connectivity index is 2.33. The van der Waals surface area contributed by atoms with E-state index in [1.807, 2.05) is 55.6 Å². The number of nitrogens with one attached hydrogen (secondary N) is 2. The number of unbranched alkanes of at least 4 members (excludes halogenated alkanes) is 1. The molecule has 2 rings (SSSR count). The molecule has 0 saturated carbocycles. The van der Waals surface area contributed by atoms with Crippen molar-refractivity contribution in [3.63, 3.8) is 0 Å². The molecule has 1 heterocycles. The molecule has 0 aliphatic carbocycles. The van der Waals surface area contributed by atoms with Gasteiger partial charge in [-0.3, -0.25) is 4.79 Å². The highest BCUT2D eigenvalue weighted by molar-refractivity contribution is 7.98. The van der Waals surface area contributed by atoms with E-state index in [2.05, 4.69) is 23.3 Å². The second kappa shape index (κ2) is 15.5. The van der Waals surface area contributed by atoms with E-state index < -0.39 is 24.0 Å². The van der Waals surface area contributed by atoms with Gasteiger partial charge < -0.3 is 26.2 Å². The number of aromatic nitrogens is 1. The molecule has 0 bridgehead atoms. The summed E-state index contributed by atoms with van der Waals surface area (Å²) in [4.78, 5) is 29.5. The number of aliphatic carboxylic acids is 1. The predicted octanol–water partition coefficient (Wildman–Crippen LogP) is 3.68. The van der Waals surface area contributed by atoms with Crippen molar-refractivity contribution in [1.82, 2.24) is 10.3 Å². The van der Waals surface area contributed by atoms with Crippen LogP contribution >= 0.6 is 24.4 Å². The van der Waals surface area contributed by atoms with Crippen molar-refractivity contribution in [3.8, 4) is 17.1 Å². The van der Waals surface area contributed by atoms with Crippen LogP contribution in [-0.2, 0) is 9.59 Å². The fourth-order valence-electron chi connectivity index (χ4n) is 3.27. The molecule has 0 aliphatic heterocycles. The fraction of sp³-hybridized carbons (Fsp3) is 0.480. The first-order chi connectivity index (χ1) is 16.9. The number of nitrogens with two attached hydrogens (primary N) is 1. The summed E-state index contributed by atoms with van der Waals surface area (Å²) in [6.07, 6.45) is 3.38. The molecule has 0 spiro atoms. The molecule has 2 unspecified atom stereocenters. The third-order valence-corrected chi connectivity index (χ3v) is 6.42. The number of carboxylic acid groups (broad SMARTS) is 1. The first-order valence-electron chi connectivity index (χ1n) is 11.7. The van der Waals surface area contributed by atoms with Crippen molar-refractivity contribution >= 4 is 42.0 Å². The fourth-order valence-corrected chi connectivity index (χ4v) is 3.87. The van der Waals surface area contributed by atoms with E-state index in [0.717, 1.165) is 18.4 Å². The Morgan fingerprint density at radius 3 is 2.57 bits per heavy atom. The molecule has 0 saturated heterocycles. The highest BCUT2D eigenvalue weighted by atomic mass is 32.2. The minimum absolute atomic E-state index is 0.174. The van der Waals surface area contributed by atoms with Crippen molar-refractivity contribution in [1.29, 1.82) is 0 Å². The average molecular weight is 521 g/mol. The zero-order chi connectivity index (χ0) is 25.6. The molecule has 10 heteroatoms. The van der Waals surface area contributed by atoms with Gasteiger partial charge in [0.2, 0.25) is 5.88 Å². The lowest BCUT2D eigenvalue weighted by Gasteiger charge is -2.23. The maximum Gasteiger partial charge on any atom is 0.326 e. The molecular formula is C25H36N4O4S2. The van der Waals surface area contributed by atoms with Gasteiger partial charge in [-0.05, 0) is 43.4 Å². The normalized spacial score (nSPS) is 13.5. The molecule has 0 radical (unpaired) electrons. The molecule has 2 aromatic rings. The summed E-state index contributed by atoms with van der Waals surface area (Å²) in [5, 5.41) is 15.4. The number of carbonyl (C=O) groups is 2. The minimum atomic E-state index is -1.06. The first kappa shape index (κ1) is 28.8. The van der Waals surface area contributed by atoms with Crippen molar-refractivity contribution in [2.75, 3.05) is 29.6 Å². The van der Waals surface area contributed by atoms with Gasteiger partial charge in [0.1, 0.15) is 6.04 Å². The van der Waals surface area contributed by atoms with Crippen LogP contribution in [0, 0.1) is 0 Å². The monoisotopic (exact) mass is 520 g/mol.